The normalized spacial score (nSPS) is 24.0. The number of rotatable bonds is 9. The molecule has 0 aliphatic carbocycles. The quantitative estimate of drug-likeness (QED) is 0.294. The van der Waals surface area contributed by atoms with Crippen molar-refractivity contribution in [1.82, 2.24) is 9.55 Å². The Balaban J connectivity index is 1.47. The summed E-state index contributed by atoms with van der Waals surface area (Å²) in [6.45, 7) is 2.08. The summed E-state index contributed by atoms with van der Waals surface area (Å²) in [7, 11) is 3.25. The lowest BCUT2D eigenvalue weighted by molar-refractivity contribution is -0.226. The molecule has 0 radical (unpaired) electrons. The monoisotopic (exact) mass is 571 g/mol. The number of methoxy groups -OCH3 is 2. The molecule has 0 amide bonds. The average Bonchev–Trinajstić information content (AvgIpc) is 3.50. The van der Waals surface area contributed by atoms with E-state index in [1.807, 2.05) is 85.8 Å². The van der Waals surface area contributed by atoms with E-state index >= 15 is 0 Å². The van der Waals surface area contributed by atoms with E-state index in [-0.39, 0.29) is 6.61 Å². The minimum atomic E-state index is -1.11. The summed E-state index contributed by atoms with van der Waals surface area (Å²) in [5, 5.41) is 0. The van der Waals surface area contributed by atoms with Crippen molar-refractivity contribution >= 4 is 0 Å². The Labute approximate surface area is 242 Å². The molecule has 6 rings (SSSR count). The first-order valence-corrected chi connectivity index (χ1v) is 13.7. The molecule has 5 atom stereocenters. The van der Waals surface area contributed by atoms with Crippen molar-refractivity contribution in [2.45, 2.75) is 42.6 Å². The van der Waals surface area contributed by atoms with E-state index in [0.29, 0.717) is 11.5 Å². The minimum Gasteiger partial charge on any atom is -0.497 e. The third-order valence-electron chi connectivity index (χ3n) is 8.38. The lowest BCUT2D eigenvalue weighted by Gasteiger charge is -2.43. The molecule has 3 N–H and O–H groups in total. The molecule has 4 aromatic rings. The number of benzene rings is 3. The zero-order valence-corrected chi connectivity index (χ0v) is 23.6. The maximum absolute atomic E-state index is 12.7. The Morgan fingerprint density at radius 3 is 2.02 bits per heavy atom. The van der Waals surface area contributed by atoms with Gasteiger partial charge in [-0.15, -0.1) is 0 Å². The van der Waals surface area contributed by atoms with E-state index in [1.54, 1.807) is 14.2 Å². The first kappa shape index (κ1) is 27.9. The summed E-state index contributed by atoms with van der Waals surface area (Å²) < 4.78 is 32.1. The largest absolute Gasteiger partial charge is 0.497 e. The molecular weight excluding hydrogens is 538 g/mol. The number of fused-ring (bicyclic) bond motifs is 2. The third-order valence-corrected chi connectivity index (χ3v) is 8.38. The first-order chi connectivity index (χ1) is 20.3. The number of H-pyrrole nitrogens is 1. The Morgan fingerprint density at radius 2 is 1.48 bits per heavy atom. The van der Waals surface area contributed by atoms with Gasteiger partial charge in [0.1, 0.15) is 28.8 Å². The number of aromatic amines is 1. The number of nitrogens with zero attached hydrogens (tertiary/aromatic N) is 1. The molecule has 42 heavy (non-hydrogen) atoms. The van der Waals surface area contributed by atoms with Crippen LogP contribution in [-0.2, 0) is 19.8 Å². The van der Waals surface area contributed by atoms with Crippen molar-refractivity contribution in [2.24, 2.45) is 5.73 Å². The van der Waals surface area contributed by atoms with E-state index in [0.717, 1.165) is 16.7 Å². The zero-order valence-electron chi connectivity index (χ0n) is 23.6. The highest BCUT2D eigenvalue weighted by molar-refractivity contribution is 5.50. The van der Waals surface area contributed by atoms with E-state index in [2.05, 4.69) is 4.98 Å². The lowest BCUT2D eigenvalue weighted by Crippen LogP contribution is -2.56. The van der Waals surface area contributed by atoms with Gasteiger partial charge >= 0.3 is 5.69 Å². The maximum Gasteiger partial charge on any atom is 0.330 e. The SMILES string of the molecule is COc1ccc(C(OC(C)[C@@]23CO[C@@H]([C@H](n4ccc(=O)[nH]c4=O)O2)[C@@H]3N)(c2ccccc2)c2ccc(OC)cc2)cc1. The molecule has 10 heteroatoms. The molecule has 2 aliphatic rings. The Bertz CT molecular complexity index is 1610. The molecule has 2 bridgehead atoms. The van der Waals surface area contributed by atoms with Crippen LogP contribution in [0.4, 0.5) is 0 Å². The number of nitrogens with two attached hydrogens (primary N) is 1. The highest BCUT2D eigenvalue weighted by Crippen LogP contribution is 2.50. The fraction of sp³-hybridized carbons (Fsp3) is 0.312. The van der Waals surface area contributed by atoms with Crippen LogP contribution in [0.25, 0.3) is 0 Å². The smallest absolute Gasteiger partial charge is 0.330 e. The molecule has 3 heterocycles. The zero-order chi connectivity index (χ0) is 29.5. The van der Waals surface area contributed by atoms with Gasteiger partial charge in [-0.3, -0.25) is 14.3 Å². The van der Waals surface area contributed by atoms with Gasteiger partial charge in [0.25, 0.3) is 5.56 Å². The fourth-order valence-electron chi connectivity index (χ4n) is 6.09. The highest BCUT2D eigenvalue weighted by Gasteiger charge is 2.64. The average molecular weight is 572 g/mol. The van der Waals surface area contributed by atoms with Crippen LogP contribution in [0, 0.1) is 0 Å². The molecule has 0 saturated carbocycles. The summed E-state index contributed by atoms with van der Waals surface area (Å²) in [5.74, 6) is 1.42. The summed E-state index contributed by atoms with van der Waals surface area (Å²) >= 11 is 0. The topological polar surface area (TPSA) is 127 Å². The van der Waals surface area contributed by atoms with Gasteiger partial charge in [-0.25, -0.2) is 4.79 Å². The van der Waals surface area contributed by atoms with E-state index in [4.69, 9.17) is 29.4 Å². The molecule has 2 fully saturated rings. The molecule has 1 aromatic heterocycles. The van der Waals surface area contributed by atoms with E-state index in [1.165, 1.54) is 16.8 Å². The van der Waals surface area contributed by atoms with Crippen LogP contribution < -0.4 is 26.5 Å². The molecule has 2 saturated heterocycles. The van der Waals surface area contributed by atoms with Gasteiger partial charge in [-0.1, -0.05) is 54.6 Å². The number of hydrogen-bond donors (Lipinski definition) is 2. The third kappa shape index (κ3) is 4.44. The molecule has 218 valence electrons. The molecule has 2 aliphatic heterocycles. The van der Waals surface area contributed by atoms with Crippen LogP contribution in [0.15, 0.2) is 101 Å². The van der Waals surface area contributed by atoms with Crippen LogP contribution in [-0.4, -0.2) is 54.2 Å². The summed E-state index contributed by atoms with van der Waals surface area (Å²) in [6, 6.07) is 26.1. The van der Waals surface area contributed by atoms with Gasteiger partial charge in [0, 0.05) is 12.3 Å². The van der Waals surface area contributed by atoms with Crippen molar-refractivity contribution in [2.75, 3.05) is 20.8 Å². The second-order valence-electron chi connectivity index (χ2n) is 10.5. The fourth-order valence-corrected chi connectivity index (χ4v) is 6.09. The second-order valence-corrected chi connectivity index (χ2v) is 10.5. The predicted octanol–water partition coefficient (Wildman–Crippen LogP) is 2.94. The maximum atomic E-state index is 12.7. The van der Waals surface area contributed by atoms with Gasteiger partial charge < -0.3 is 29.4 Å². The molecule has 0 spiro atoms. The van der Waals surface area contributed by atoms with Crippen molar-refractivity contribution in [1.29, 1.82) is 0 Å². The Kier molecular flexibility index (Phi) is 7.24. The van der Waals surface area contributed by atoms with Gasteiger partial charge in [-0.05, 0) is 47.9 Å². The van der Waals surface area contributed by atoms with Crippen LogP contribution in [0.5, 0.6) is 11.5 Å². The molecule has 3 aromatic carbocycles. The van der Waals surface area contributed by atoms with Gasteiger partial charge in [0.15, 0.2) is 6.23 Å². The van der Waals surface area contributed by atoms with Crippen molar-refractivity contribution in [3.05, 3.63) is 129 Å². The lowest BCUT2D eigenvalue weighted by atomic mass is 9.79. The Morgan fingerprint density at radius 1 is 0.905 bits per heavy atom. The van der Waals surface area contributed by atoms with E-state index in [9.17, 15) is 9.59 Å². The number of nitrogens with one attached hydrogen (secondary N) is 1. The van der Waals surface area contributed by atoms with Gasteiger partial charge in [0.05, 0.1) is 33.0 Å². The van der Waals surface area contributed by atoms with Crippen LogP contribution in [0.1, 0.15) is 29.8 Å². The summed E-state index contributed by atoms with van der Waals surface area (Å²) in [6.07, 6.45) is -0.694. The standard InChI is InChI=1S/C32H33N3O7/c1-20(31-19-40-27(28(31)33)29(42-31)35-18-17-26(36)34-30(35)37)41-32(21-7-5-4-6-8-21,22-9-13-24(38-2)14-10-22)23-11-15-25(39-3)16-12-23/h4-18,20,27-29H,19,33H2,1-3H3,(H,34,36,37)/t20?,27-,28+,29-,31-/m1/s1. The molecule has 1 unspecified atom stereocenters. The molecular formula is C32H33N3O7. The molecule has 10 nitrogen and oxygen atoms in total. The van der Waals surface area contributed by atoms with Gasteiger partial charge in [-0.2, -0.15) is 0 Å². The summed E-state index contributed by atoms with van der Waals surface area (Å²) in [5.41, 5.74) is 6.09. The van der Waals surface area contributed by atoms with Crippen molar-refractivity contribution < 1.29 is 23.7 Å². The highest BCUT2D eigenvalue weighted by atomic mass is 16.6. The van der Waals surface area contributed by atoms with Crippen LogP contribution in [0.2, 0.25) is 0 Å². The first-order valence-electron chi connectivity index (χ1n) is 13.7. The van der Waals surface area contributed by atoms with Gasteiger partial charge in [0.2, 0.25) is 0 Å². The van der Waals surface area contributed by atoms with Crippen LogP contribution in [0.3, 0.4) is 0 Å². The number of ether oxygens (including phenoxy) is 5. The second kappa shape index (κ2) is 10.9. The minimum absolute atomic E-state index is 0.171. The van der Waals surface area contributed by atoms with E-state index < -0.39 is 46.9 Å². The van der Waals surface area contributed by atoms with Crippen LogP contribution >= 0.6 is 0 Å². The number of aromatic nitrogens is 2. The number of hydrogen-bond acceptors (Lipinski definition) is 8. The summed E-state index contributed by atoms with van der Waals surface area (Å²) in [4.78, 5) is 26.6. The Hall–Kier alpha value is -4.22. The predicted molar refractivity (Wildman–Crippen MR) is 155 cm³/mol. The van der Waals surface area contributed by atoms with Crippen molar-refractivity contribution in [3.63, 3.8) is 0 Å². The van der Waals surface area contributed by atoms with Crippen molar-refractivity contribution in [3.8, 4) is 11.5 Å².